The number of hydrogen-bond donors (Lipinski definition) is 0. The maximum atomic E-state index is 4.00. The first-order valence-corrected chi connectivity index (χ1v) is 16.6. The number of rotatable bonds is 0. The average molecular weight is 563 g/mol. The van der Waals surface area contributed by atoms with Gasteiger partial charge in [-0.15, -0.1) is 25.7 Å². The molecule has 8 bridgehead atoms. The van der Waals surface area contributed by atoms with Gasteiger partial charge in [-0.25, -0.2) is 0 Å². The zero-order valence-electron chi connectivity index (χ0n) is 26.4. The van der Waals surface area contributed by atoms with Gasteiger partial charge in [0.05, 0.1) is 0 Å². The van der Waals surface area contributed by atoms with Gasteiger partial charge in [-0.05, 0) is 137 Å². The third-order valence-corrected chi connectivity index (χ3v) is 12.7. The molecule has 10 aliphatic rings. The first-order chi connectivity index (χ1) is 20.5. The molecule has 10 aliphatic carbocycles. The van der Waals surface area contributed by atoms with E-state index >= 15 is 0 Å². The van der Waals surface area contributed by atoms with Gasteiger partial charge in [0.1, 0.15) is 0 Å². The van der Waals surface area contributed by atoms with Gasteiger partial charge in [-0.2, -0.15) is 0 Å². The van der Waals surface area contributed by atoms with E-state index in [2.05, 4.69) is 126 Å². The Morgan fingerprint density at radius 2 is 1.02 bits per heavy atom. The maximum absolute atomic E-state index is 4.00. The lowest BCUT2D eigenvalue weighted by Crippen LogP contribution is -2.26. The Morgan fingerprint density at radius 1 is 0.524 bits per heavy atom. The predicted molar refractivity (Wildman–Crippen MR) is 185 cm³/mol. The Hall–Kier alpha value is -2.96. The zero-order chi connectivity index (χ0) is 30.0. The van der Waals surface area contributed by atoms with Crippen molar-refractivity contribution < 1.29 is 2.85 Å². The molecule has 12 unspecified atom stereocenters. The van der Waals surface area contributed by atoms with Crippen LogP contribution < -0.4 is 0 Å². The normalized spacial score (nSPS) is 42.7. The second-order valence-electron chi connectivity index (χ2n) is 14.1. The van der Waals surface area contributed by atoms with Crippen molar-refractivity contribution in [2.75, 3.05) is 0 Å². The molecule has 0 spiro atoms. The summed E-state index contributed by atoms with van der Waals surface area (Å²) in [7, 11) is 0. The van der Waals surface area contributed by atoms with E-state index in [0.29, 0.717) is 0 Å². The Kier molecular flexibility index (Phi) is 9.54. The lowest BCUT2D eigenvalue weighted by atomic mass is 9.71. The molecule has 0 heteroatoms. The van der Waals surface area contributed by atoms with E-state index in [0.717, 1.165) is 77.4 Å². The first-order valence-electron chi connectivity index (χ1n) is 16.6. The summed E-state index contributed by atoms with van der Waals surface area (Å²) >= 11 is 0. The second kappa shape index (κ2) is 13.1. The van der Waals surface area contributed by atoms with Crippen molar-refractivity contribution in [3.63, 3.8) is 0 Å². The lowest BCUT2D eigenvalue weighted by Gasteiger charge is -2.33. The van der Waals surface area contributed by atoms with Gasteiger partial charge in [0.2, 0.25) is 0 Å². The summed E-state index contributed by atoms with van der Waals surface area (Å²) in [5.41, 5.74) is 6.78. The van der Waals surface area contributed by atoms with Gasteiger partial charge in [0.25, 0.3) is 0 Å². The minimum atomic E-state index is 0. The third kappa shape index (κ3) is 5.33. The van der Waals surface area contributed by atoms with Crippen molar-refractivity contribution in [1.29, 1.82) is 0 Å². The minimum Gasteiger partial charge on any atom is -0.124 e. The highest BCUT2D eigenvalue weighted by atomic mass is 14.6. The van der Waals surface area contributed by atoms with Crippen LogP contribution in [0.3, 0.4) is 0 Å². The van der Waals surface area contributed by atoms with E-state index in [1.807, 2.05) is 0 Å². The lowest BCUT2D eigenvalue weighted by molar-refractivity contribution is 0.273. The molecular formula is C42H56. The summed E-state index contributed by atoms with van der Waals surface area (Å²) in [5, 5.41) is 0. The highest BCUT2D eigenvalue weighted by molar-refractivity contribution is 5.36. The standard InChI is InChI=1S/C14H18.C10H12.C9H12.C5H6.2C2H2.2H2/c1-7-8(2)12-6-11(7)13-9-3-4-10(5-9)14(12)13;1-2-9-7-4-5-8(6-7)10(9)3-1;1-6-7(2)9-4-3-8(6)5-9;1-2-4-5-3-1;2*1-2;;/h3-4,9-14H,5-6H2,1-2H3;1-2,4-5,7-10H,3,6H2;3-4,8-9H,5H2,1-2H3;1-4H,5H2;2*1-2H;2*1H/i;;;;;;2*1+1. The van der Waals surface area contributed by atoms with Crippen LogP contribution in [0.15, 0.2) is 95.2 Å². The number of hydrogen-bond acceptors (Lipinski definition) is 0. The van der Waals surface area contributed by atoms with Crippen molar-refractivity contribution in [2.24, 2.45) is 71.0 Å². The Morgan fingerprint density at radius 3 is 1.48 bits per heavy atom. The maximum Gasteiger partial charge on any atom is 0 e. The summed E-state index contributed by atoms with van der Waals surface area (Å²) in [4.78, 5) is 0. The molecule has 12 atom stereocenters. The van der Waals surface area contributed by atoms with Crippen molar-refractivity contribution in [1.82, 2.24) is 0 Å². The van der Waals surface area contributed by atoms with Crippen LogP contribution in [-0.2, 0) is 0 Å². The van der Waals surface area contributed by atoms with E-state index in [4.69, 9.17) is 0 Å². The Balaban J connectivity index is 0.000000159. The summed E-state index contributed by atoms with van der Waals surface area (Å²) in [6.45, 7) is 9.32. The summed E-state index contributed by atoms with van der Waals surface area (Å²) in [5.74, 6) is 11.4. The van der Waals surface area contributed by atoms with Crippen LogP contribution in [0.25, 0.3) is 0 Å². The van der Waals surface area contributed by atoms with E-state index < -0.39 is 0 Å². The number of fused-ring (bicyclic) bond motifs is 16. The van der Waals surface area contributed by atoms with Crippen molar-refractivity contribution in [3.8, 4) is 25.7 Å². The molecule has 0 aliphatic heterocycles. The molecule has 0 aromatic rings. The van der Waals surface area contributed by atoms with Crippen LogP contribution in [-0.4, -0.2) is 0 Å². The van der Waals surface area contributed by atoms with Crippen molar-refractivity contribution in [3.05, 3.63) is 95.2 Å². The zero-order valence-corrected chi connectivity index (χ0v) is 26.4. The Bertz CT molecular complexity index is 1220. The average Bonchev–Trinajstić information content (AvgIpc) is 3.87. The summed E-state index contributed by atoms with van der Waals surface area (Å²) < 4.78 is 0. The van der Waals surface area contributed by atoms with Gasteiger partial charge >= 0.3 is 0 Å². The van der Waals surface area contributed by atoms with Crippen molar-refractivity contribution in [2.45, 2.75) is 66.2 Å². The fourth-order valence-electron chi connectivity index (χ4n) is 10.4. The van der Waals surface area contributed by atoms with Crippen LogP contribution in [0.5, 0.6) is 0 Å². The van der Waals surface area contributed by atoms with Gasteiger partial charge < -0.3 is 0 Å². The van der Waals surface area contributed by atoms with Crippen LogP contribution in [0.1, 0.15) is 69.1 Å². The topological polar surface area (TPSA) is 0 Å². The molecule has 3 saturated carbocycles. The smallest absolute Gasteiger partial charge is 0 e. The fraction of sp³-hybridized carbons (Fsp3) is 0.524. The van der Waals surface area contributed by atoms with E-state index in [1.165, 1.54) is 32.1 Å². The minimum absolute atomic E-state index is 0. The van der Waals surface area contributed by atoms with Gasteiger partial charge in [0, 0.05) is 2.85 Å². The first kappa shape index (κ1) is 30.5. The van der Waals surface area contributed by atoms with Crippen LogP contribution >= 0.6 is 0 Å². The molecule has 0 amide bonds. The fourth-order valence-corrected chi connectivity index (χ4v) is 10.4. The molecule has 224 valence electrons. The van der Waals surface area contributed by atoms with Crippen LogP contribution in [0.2, 0.25) is 0 Å². The second-order valence-corrected chi connectivity index (χ2v) is 14.1. The molecule has 0 radical (unpaired) electrons. The molecule has 0 aromatic heterocycles. The predicted octanol–water partition coefficient (Wildman–Crippen LogP) is 10.8. The highest BCUT2D eigenvalue weighted by Crippen LogP contribution is 2.66. The molecule has 0 heterocycles. The van der Waals surface area contributed by atoms with E-state index in [9.17, 15) is 0 Å². The van der Waals surface area contributed by atoms with Gasteiger partial charge in [0.15, 0.2) is 0 Å². The monoisotopic (exact) mass is 562 g/mol. The van der Waals surface area contributed by atoms with E-state index in [1.54, 1.807) is 22.3 Å². The van der Waals surface area contributed by atoms with Crippen LogP contribution in [0, 0.1) is 96.7 Å². The van der Waals surface area contributed by atoms with Crippen molar-refractivity contribution >= 4 is 0 Å². The molecule has 0 aromatic carbocycles. The molecule has 42 heavy (non-hydrogen) atoms. The highest BCUT2D eigenvalue weighted by Gasteiger charge is 2.59. The largest absolute Gasteiger partial charge is 0.124 e. The van der Waals surface area contributed by atoms with Crippen LogP contribution in [0.4, 0.5) is 0 Å². The molecule has 0 nitrogen and oxygen atoms in total. The third-order valence-electron chi connectivity index (χ3n) is 12.7. The molecule has 3 fully saturated rings. The number of terminal acetylenes is 2. The molecule has 0 saturated heterocycles. The summed E-state index contributed by atoms with van der Waals surface area (Å²) in [6, 6.07) is 0. The molecule has 10 rings (SSSR count). The molecular weight excluding hydrogens is 504 g/mol. The molecule has 0 N–H and O–H groups in total. The Labute approximate surface area is 260 Å². The number of allylic oxidation sites excluding steroid dienone is 16. The van der Waals surface area contributed by atoms with E-state index in [-0.39, 0.29) is 2.85 Å². The van der Waals surface area contributed by atoms with Gasteiger partial charge in [-0.3, -0.25) is 0 Å². The SMILES string of the molecule is C#C.C#C.C1=CC2C3C=CC(C3)C2C1.C1=CCC=C1.CC1=C(C)C2C=CC1C2.CC1=C(C)C2CC1C1C3C=CC(C3)C21.[2HH].[2HH]. The summed E-state index contributed by atoms with van der Waals surface area (Å²) in [6.07, 6.45) is 52.1. The van der Waals surface area contributed by atoms with Gasteiger partial charge in [-0.1, -0.05) is 95.2 Å². The quantitative estimate of drug-likeness (QED) is 0.156.